The van der Waals surface area contributed by atoms with Gasteiger partial charge in [-0.1, -0.05) is 106 Å². The molecule has 0 bridgehead atoms. The van der Waals surface area contributed by atoms with E-state index in [1.807, 2.05) is 13.8 Å². The molecule has 0 radical (unpaired) electrons. The first-order valence-electron chi connectivity index (χ1n) is 30.1. The first-order valence-corrected chi connectivity index (χ1v) is 36.0. The Labute approximate surface area is 490 Å². The Bertz CT molecular complexity index is 2180. The number of phenols is 1. The topological polar surface area (TPSA) is 187 Å². The number of benzene rings is 1. The molecule has 4 rings (SSSR count). The Balaban J connectivity index is 1.55. The van der Waals surface area contributed by atoms with Crippen molar-refractivity contribution in [1.29, 1.82) is 0 Å². The van der Waals surface area contributed by atoms with Crippen LogP contribution in [0.4, 0.5) is 0 Å². The zero-order chi connectivity index (χ0) is 60.7. The number of phenolic OH excluding ortho intramolecular Hbond substituents is 1. The van der Waals surface area contributed by atoms with E-state index in [1.165, 1.54) is 6.07 Å². The molecule has 1 aliphatic carbocycles. The molecule has 464 valence electrons. The Kier molecular flexibility index (Phi) is 26.7. The van der Waals surface area contributed by atoms with Crippen LogP contribution in [0.2, 0.25) is 36.3 Å². The number of unbranched alkanes of at least 4 members (excludes halogenated alkanes) is 1. The Hall–Kier alpha value is -3.18. The van der Waals surface area contributed by atoms with Gasteiger partial charge in [0.05, 0.1) is 30.3 Å². The summed E-state index contributed by atoms with van der Waals surface area (Å²) in [6.07, 6.45) is 15.1. The van der Waals surface area contributed by atoms with Crippen LogP contribution in [0.1, 0.15) is 160 Å². The van der Waals surface area contributed by atoms with Crippen LogP contribution in [-0.2, 0) is 56.4 Å². The number of carbonyl (C=O) groups is 3. The number of rotatable bonds is 31. The lowest BCUT2D eigenvalue weighted by atomic mass is 9.75. The minimum absolute atomic E-state index is 0.00927. The molecular weight excluding hydrogens is 1070 g/mol. The molecule has 1 amide bonds. The van der Waals surface area contributed by atoms with E-state index >= 15 is 0 Å². The number of para-hydroxylation sites is 2. The van der Waals surface area contributed by atoms with Gasteiger partial charge in [-0.2, -0.15) is 0 Å². The van der Waals surface area contributed by atoms with Crippen LogP contribution in [0.25, 0.3) is 0 Å². The van der Waals surface area contributed by atoms with E-state index in [0.717, 1.165) is 38.5 Å². The summed E-state index contributed by atoms with van der Waals surface area (Å²) in [4.78, 5) is 41.8. The van der Waals surface area contributed by atoms with E-state index < -0.39 is 70.4 Å². The number of ether oxygens (including phenoxy) is 8. The molecule has 0 aromatic heterocycles. The van der Waals surface area contributed by atoms with Gasteiger partial charge >= 0.3 is 11.9 Å². The van der Waals surface area contributed by atoms with E-state index in [2.05, 4.69) is 113 Å². The third-order valence-corrected chi connectivity index (χ3v) is 27.7. The number of allylic oxidation sites excluding steroid dienone is 3. The molecule has 2 N–H and O–H groups in total. The van der Waals surface area contributed by atoms with Crippen LogP contribution in [-0.4, -0.2) is 145 Å². The summed E-state index contributed by atoms with van der Waals surface area (Å²) in [6.45, 7) is 34.7. The number of carbonyl (C=O) groups excluding carboxylic acids is 2. The van der Waals surface area contributed by atoms with E-state index in [-0.39, 0.29) is 82.9 Å². The summed E-state index contributed by atoms with van der Waals surface area (Å²) in [6, 6.07) is 5.74. The van der Waals surface area contributed by atoms with Gasteiger partial charge < -0.3 is 61.9 Å². The second-order valence-electron chi connectivity index (χ2n) is 26.9. The van der Waals surface area contributed by atoms with Crippen molar-refractivity contribution in [1.82, 2.24) is 4.90 Å². The zero-order valence-electron chi connectivity index (χ0n) is 53.3. The quantitative estimate of drug-likeness (QED) is 0.0235. The summed E-state index contributed by atoms with van der Waals surface area (Å²) >= 11 is 0. The minimum Gasteiger partial charge on any atom is -0.504 e. The summed E-state index contributed by atoms with van der Waals surface area (Å²) in [5.41, 5.74) is 0. The third-order valence-electron chi connectivity index (χ3n) is 18.7. The van der Waals surface area contributed by atoms with E-state index in [9.17, 15) is 24.6 Å². The zero-order valence-corrected chi connectivity index (χ0v) is 55.3. The molecule has 14 atom stereocenters. The predicted molar refractivity (Wildman–Crippen MR) is 322 cm³/mol. The van der Waals surface area contributed by atoms with Crippen LogP contribution in [0.3, 0.4) is 0 Å². The standard InChI is InChI=1S/C63H109NO15Si2/c1-43(28-22-20-21-23-31-51(78-80(16,17)60(5,6)7)46(4)52(37-34-44(2)58(67)68)79-81(18,19)61(8,9)10)33-36-50(75-59(69)48-29-26-27-39-64(48)55(66)41-73-53-32-25-24-30-49(53)65)45(3)40-47-35-38-54-57(56(47)74-42-70-13)77-63(12,72-15)62(11,71-14)76-54/h22-25,28,30-32,43-48,50-52,54,56-57,65H,20-21,26-27,29,33-42H2,1-19H3,(H,67,68)/b28-22+,31-23+/t43-,44-,45-,46+,47+,48+,50+,51-,52+,54-,56+,57+,62+,63+/m1/s1. The highest BCUT2D eigenvalue weighted by Crippen LogP contribution is 2.47. The molecule has 3 aliphatic rings. The number of hydrogen-bond donors (Lipinski definition) is 2. The maximum Gasteiger partial charge on any atom is 0.329 e. The number of aliphatic carboxylic acids is 1. The summed E-state index contributed by atoms with van der Waals surface area (Å²) in [5.74, 6) is -4.24. The number of hydrogen-bond acceptors (Lipinski definition) is 14. The Morgan fingerprint density at radius 2 is 1.40 bits per heavy atom. The first kappa shape index (κ1) is 70.3. The van der Waals surface area contributed by atoms with Gasteiger partial charge in [-0.05, 0) is 157 Å². The Morgan fingerprint density at radius 1 is 0.790 bits per heavy atom. The first-order chi connectivity index (χ1) is 37.7. The molecule has 3 fully saturated rings. The third kappa shape index (κ3) is 19.4. The van der Waals surface area contributed by atoms with Crippen molar-refractivity contribution in [3.8, 4) is 11.5 Å². The highest BCUT2D eigenvalue weighted by atomic mass is 28.4. The molecule has 1 aromatic rings. The average Bonchev–Trinajstić information content (AvgIpc) is 3.61. The minimum atomic E-state index is -2.24. The van der Waals surface area contributed by atoms with E-state index in [1.54, 1.807) is 51.4 Å². The molecule has 81 heavy (non-hydrogen) atoms. The normalized spacial score (nSPS) is 26.8. The van der Waals surface area contributed by atoms with E-state index in [0.29, 0.717) is 45.1 Å². The highest BCUT2D eigenvalue weighted by molar-refractivity contribution is 6.74. The number of aromatic hydroxyl groups is 1. The molecule has 1 saturated carbocycles. The van der Waals surface area contributed by atoms with Gasteiger partial charge in [0.1, 0.15) is 25.0 Å². The number of amides is 1. The molecule has 0 unspecified atom stereocenters. The predicted octanol–water partition coefficient (Wildman–Crippen LogP) is 13.2. The molecule has 2 heterocycles. The number of piperidine rings is 1. The number of likely N-dealkylation sites (tertiary alicyclic amines) is 1. The molecular formula is C63H109NO15Si2. The smallest absolute Gasteiger partial charge is 0.329 e. The van der Waals surface area contributed by atoms with Crippen molar-refractivity contribution >= 4 is 34.5 Å². The van der Waals surface area contributed by atoms with Crippen molar-refractivity contribution < 1.29 is 71.3 Å². The van der Waals surface area contributed by atoms with Gasteiger partial charge in [0.15, 0.2) is 34.7 Å². The van der Waals surface area contributed by atoms with Crippen LogP contribution in [0.5, 0.6) is 11.5 Å². The SMILES string of the molecule is COCO[C@H]1[C@H](C[C@@H](C)[C@H](CC[C@H](C)/C=C/CC/C=C/[C@@H](O[Si](C)(C)C(C)(C)C)[C@H](C)[C@H](CC[C@@H](C)C(=O)O)O[Si](C)(C)C(C)(C)C)OC(=O)[C@@H]2CCCCN2C(=O)COc2ccccc2O)CC[C@H]2O[C@](C)(OC)[C@@](C)(OC)O[C@H]12. The molecule has 0 spiro atoms. The van der Waals surface area contributed by atoms with Crippen LogP contribution in [0, 0.1) is 29.6 Å². The second-order valence-corrected chi connectivity index (χ2v) is 36.4. The fourth-order valence-electron chi connectivity index (χ4n) is 10.8. The lowest BCUT2D eigenvalue weighted by Gasteiger charge is -2.56. The summed E-state index contributed by atoms with van der Waals surface area (Å²) in [7, 11) is 0.292. The van der Waals surface area contributed by atoms with Crippen LogP contribution < -0.4 is 4.74 Å². The van der Waals surface area contributed by atoms with Crippen molar-refractivity contribution in [2.75, 3.05) is 41.3 Å². The lowest BCUT2D eigenvalue weighted by molar-refractivity contribution is -0.461. The lowest BCUT2D eigenvalue weighted by Crippen LogP contribution is -2.69. The number of fused-ring (bicyclic) bond motifs is 1. The molecule has 18 heteroatoms. The van der Waals surface area contributed by atoms with Crippen molar-refractivity contribution in [2.45, 2.75) is 251 Å². The maximum atomic E-state index is 14.5. The van der Waals surface area contributed by atoms with Gasteiger partial charge in [0.2, 0.25) is 11.6 Å². The molecule has 2 saturated heterocycles. The largest absolute Gasteiger partial charge is 0.504 e. The van der Waals surface area contributed by atoms with Crippen LogP contribution in [0.15, 0.2) is 48.6 Å². The van der Waals surface area contributed by atoms with Gasteiger partial charge in [-0.25, -0.2) is 4.79 Å². The Morgan fingerprint density at radius 3 is 2.00 bits per heavy atom. The van der Waals surface area contributed by atoms with Gasteiger partial charge in [-0.3, -0.25) is 9.59 Å². The van der Waals surface area contributed by atoms with Crippen molar-refractivity contribution in [3.63, 3.8) is 0 Å². The highest BCUT2D eigenvalue weighted by Gasteiger charge is 2.60. The number of methoxy groups -OCH3 is 3. The van der Waals surface area contributed by atoms with Gasteiger partial charge in [0.25, 0.3) is 5.91 Å². The van der Waals surface area contributed by atoms with E-state index in [4.69, 9.17) is 46.7 Å². The average molecular weight is 1180 g/mol. The summed E-state index contributed by atoms with van der Waals surface area (Å²) < 4.78 is 63.7. The monoisotopic (exact) mass is 1180 g/mol. The fourth-order valence-corrected chi connectivity index (χ4v) is 13.5. The number of nitrogens with zero attached hydrogens (tertiary/aromatic N) is 1. The van der Waals surface area contributed by atoms with Gasteiger partial charge in [-0.15, -0.1) is 0 Å². The number of esters is 1. The molecule has 16 nitrogen and oxygen atoms in total. The van der Waals surface area contributed by atoms with Crippen molar-refractivity contribution in [2.24, 2.45) is 29.6 Å². The van der Waals surface area contributed by atoms with Crippen LogP contribution >= 0.6 is 0 Å². The molecule has 1 aromatic carbocycles. The number of carboxylic acids is 1. The fraction of sp³-hybridized carbons (Fsp3) is 0.794. The number of carboxylic acid groups (broad SMARTS) is 1. The van der Waals surface area contributed by atoms with Crippen molar-refractivity contribution in [3.05, 3.63) is 48.6 Å². The van der Waals surface area contributed by atoms with Gasteiger partial charge in [0, 0.05) is 33.8 Å². The summed E-state index contributed by atoms with van der Waals surface area (Å²) in [5, 5.41) is 20.1. The second kappa shape index (κ2) is 30.8. The molecule has 2 aliphatic heterocycles. The maximum absolute atomic E-state index is 14.5.